The molecule has 5 nitrogen and oxygen atoms in total. The number of carbonyl (C=O) groups excluding carboxylic acids is 1. The Kier molecular flexibility index (Phi) is 3.14. The zero-order valence-corrected chi connectivity index (χ0v) is 11.3. The molecule has 2 atom stereocenters. The smallest absolute Gasteiger partial charge is 0.308 e. The minimum atomic E-state index is -0.122. The highest BCUT2D eigenvalue weighted by Gasteiger charge is 2.33. The molecule has 0 radical (unpaired) electrons. The van der Waals surface area contributed by atoms with Crippen LogP contribution < -0.4 is 0 Å². The number of ether oxygens (including phenoxy) is 1. The molecule has 0 aliphatic heterocycles. The molecule has 3 rings (SSSR count). The highest BCUT2D eigenvalue weighted by atomic mass is 35.5. The molecule has 0 amide bonds. The number of halogens is 1. The summed E-state index contributed by atoms with van der Waals surface area (Å²) in [6.45, 7) is 0. The van der Waals surface area contributed by atoms with E-state index >= 15 is 0 Å². The van der Waals surface area contributed by atoms with Gasteiger partial charge in [0, 0.05) is 18.3 Å². The van der Waals surface area contributed by atoms with E-state index in [0.29, 0.717) is 5.15 Å². The Morgan fingerprint density at radius 3 is 3.11 bits per heavy atom. The zero-order valence-electron chi connectivity index (χ0n) is 10.5. The minimum absolute atomic E-state index is 0.0142. The maximum atomic E-state index is 11.6. The molecule has 0 bridgehead atoms. The number of aromatic nitrogens is 3. The van der Waals surface area contributed by atoms with Crippen molar-refractivity contribution in [1.82, 2.24) is 14.4 Å². The molecule has 0 spiro atoms. The molecule has 1 fully saturated rings. The SMILES string of the molecule is COC(=O)C1CCC(c2ncc3c(Cl)nccn23)C1. The van der Waals surface area contributed by atoms with Crippen molar-refractivity contribution in [3.8, 4) is 0 Å². The molecule has 2 unspecified atom stereocenters. The number of imidazole rings is 1. The Morgan fingerprint density at radius 1 is 1.47 bits per heavy atom. The summed E-state index contributed by atoms with van der Waals surface area (Å²) in [5.41, 5.74) is 0.806. The van der Waals surface area contributed by atoms with Crippen molar-refractivity contribution < 1.29 is 9.53 Å². The predicted octanol–water partition coefficient (Wildman–Crippen LogP) is 2.44. The number of hydrogen-bond acceptors (Lipinski definition) is 4. The molecule has 0 saturated heterocycles. The van der Waals surface area contributed by atoms with Gasteiger partial charge in [-0.25, -0.2) is 9.97 Å². The molecule has 2 aromatic rings. The lowest BCUT2D eigenvalue weighted by Gasteiger charge is -2.09. The fraction of sp³-hybridized carbons (Fsp3) is 0.462. The van der Waals surface area contributed by atoms with E-state index in [9.17, 15) is 4.79 Å². The zero-order chi connectivity index (χ0) is 13.4. The van der Waals surface area contributed by atoms with Gasteiger partial charge in [-0.2, -0.15) is 0 Å². The molecule has 6 heteroatoms. The number of carbonyl (C=O) groups is 1. The number of rotatable bonds is 2. The summed E-state index contributed by atoms with van der Waals surface area (Å²) >= 11 is 6.03. The average molecular weight is 280 g/mol. The standard InChI is InChI=1S/C13H14ClN3O2/c1-19-13(18)9-3-2-8(6-9)12-16-7-10-11(14)15-4-5-17(10)12/h4-5,7-9H,2-3,6H2,1H3. The lowest BCUT2D eigenvalue weighted by atomic mass is 10.0. The van der Waals surface area contributed by atoms with Crippen molar-refractivity contribution in [3.05, 3.63) is 29.6 Å². The van der Waals surface area contributed by atoms with Crippen LogP contribution in [0, 0.1) is 5.92 Å². The summed E-state index contributed by atoms with van der Waals surface area (Å²) in [5.74, 6) is 1.08. The summed E-state index contributed by atoms with van der Waals surface area (Å²) < 4.78 is 6.77. The summed E-state index contributed by atoms with van der Waals surface area (Å²) in [4.78, 5) is 20.0. The Hall–Kier alpha value is -1.62. The molecule has 1 aliphatic carbocycles. The minimum Gasteiger partial charge on any atom is -0.469 e. The molecular formula is C13H14ClN3O2. The van der Waals surface area contributed by atoms with Crippen molar-refractivity contribution in [2.24, 2.45) is 5.92 Å². The van der Waals surface area contributed by atoms with Crippen LogP contribution in [-0.2, 0) is 9.53 Å². The molecule has 100 valence electrons. The number of methoxy groups -OCH3 is 1. The largest absolute Gasteiger partial charge is 0.469 e. The van der Waals surface area contributed by atoms with Crippen LogP contribution in [0.1, 0.15) is 31.0 Å². The van der Waals surface area contributed by atoms with Gasteiger partial charge in [0.2, 0.25) is 0 Å². The first kappa shape index (κ1) is 12.4. The van der Waals surface area contributed by atoms with E-state index in [2.05, 4.69) is 9.97 Å². The Labute approximate surface area is 115 Å². The molecule has 1 saturated carbocycles. The molecule has 0 aromatic carbocycles. The number of hydrogen-bond donors (Lipinski definition) is 0. The van der Waals surface area contributed by atoms with Gasteiger partial charge in [-0.05, 0) is 19.3 Å². The summed E-state index contributed by atoms with van der Waals surface area (Å²) in [6.07, 6.45) is 7.83. The van der Waals surface area contributed by atoms with E-state index in [4.69, 9.17) is 16.3 Å². The van der Waals surface area contributed by atoms with Gasteiger partial charge in [0.1, 0.15) is 11.3 Å². The van der Waals surface area contributed by atoms with Crippen LogP contribution in [0.4, 0.5) is 0 Å². The maximum Gasteiger partial charge on any atom is 0.308 e. The van der Waals surface area contributed by atoms with E-state index in [1.54, 1.807) is 12.4 Å². The third-order valence-electron chi connectivity index (χ3n) is 3.77. The van der Waals surface area contributed by atoms with Gasteiger partial charge in [0.25, 0.3) is 0 Å². The summed E-state index contributed by atoms with van der Waals surface area (Å²) in [7, 11) is 1.44. The van der Waals surface area contributed by atoms with Crippen molar-refractivity contribution in [3.63, 3.8) is 0 Å². The van der Waals surface area contributed by atoms with Gasteiger partial charge < -0.3 is 4.74 Å². The maximum absolute atomic E-state index is 11.6. The number of fused-ring (bicyclic) bond motifs is 1. The average Bonchev–Trinajstić information content (AvgIpc) is 3.04. The molecule has 19 heavy (non-hydrogen) atoms. The fourth-order valence-electron chi connectivity index (χ4n) is 2.81. The first-order chi connectivity index (χ1) is 9.20. The second-order valence-electron chi connectivity index (χ2n) is 4.82. The predicted molar refractivity (Wildman–Crippen MR) is 70.1 cm³/mol. The lowest BCUT2D eigenvalue weighted by molar-refractivity contribution is -0.145. The summed E-state index contributed by atoms with van der Waals surface area (Å²) in [6, 6.07) is 0. The fourth-order valence-corrected chi connectivity index (χ4v) is 3.01. The van der Waals surface area contributed by atoms with E-state index in [0.717, 1.165) is 30.6 Å². The van der Waals surface area contributed by atoms with Crippen molar-refractivity contribution in [2.45, 2.75) is 25.2 Å². The van der Waals surface area contributed by atoms with Crippen LogP contribution in [0.3, 0.4) is 0 Å². The molecule has 1 aliphatic rings. The van der Waals surface area contributed by atoms with E-state index in [-0.39, 0.29) is 17.8 Å². The van der Waals surface area contributed by atoms with Crippen LogP contribution in [0.2, 0.25) is 5.15 Å². The number of nitrogens with zero attached hydrogens (tertiary/aromatic N) is 3. The van der Waals surface area contributed by atoms with Crippen molar-refractivity contribution >= 4 is 23.1 Å². The molecular weight excluding hydrogens is 266 g/mol. The second-order valence-corrected chi connectivity index (χ2v) is 5.18. The highest BCUT2D eigenvalue weighted by Crippen LogP contribution is 2.38. The van der Waals surface area contributed by atoms with Gasteiger partial charge in [0.15, 0.2) is 5.15 Å². The van der Waals surface area contributed by atoms with E-state index in [1.165, 1.54) is 7.11 Å². The Bertz CT molecular complexity index is 625. The van der Waals surface area contributed by atoms with Crippen LogP contribution in [0.25, 0.3) is 5.52 Å². The second kappa shape index (κ2) is 4.81. The van der Waals surface area contributed by atoms with Gasteiger partial charge in [-0.3, -0.25) is 9.20 Å². The third kappa shape index (κ3) is 2.08. The van der Waals surface area contributed by atoms with Crippen LogP contribution in [0.15, 0.2) is 18.6 Å². The van der Waals surface area contributed by atoms with Crippen molar-refractivity contribution in [1.29, 1.82) is 0 Å². The van der Waals surface area contributed by atoms with Gasteiger partial charge >= 0.3 is 5.97 Å². The van der Waals surface area contributed by atoms with Gasteiger partial charge in [-0.15, -0.1) is 0 Å². The molecule has 2 aromatic heterocycles. The first-order valence-corrected chi connectivity index (χ1v) is 6.63. The van der Waals surface area contributed by atoms with Gasteiger partial charge in [0.05, 0.1) is 19.2 Å². The third-order valence-corrected chi connectivity index (χ3v) is 4.06. The normalized spacial score (nSPS) is 22.8. The molecule has 0 N–H and O–H groups in total. The van der Waals surface area contributed by atoms with Gasteiger partial charge in [-0.1, -0.05) is 11.6 Å². The summed E-state index contributed by atoms with van der Waals surface area (Å²) in [5, 5.41) is 0.448. The van der Waals surface area contributed by atoms with Crippen LogP contribution in [-0.4, -0.2) is 27.4 Å². The van der Waals surface area contributed by atoms with E-state index < -0.39 is 0 Å². The van der Waals surface area contributed by atoms with Crippen LogP contribution >= 0.6 is 11.6 Å². The van der Waals surface area contributed by atoms with E-state index in [1.807, 2.05) is 10.6 Å². The highest BCUT2D eigenvalue weighted by molar-refractivity contribution is 6.32. The monoisotopic (exact) mass is 279 g/mol. The van der Waals surface area contributed by atoms with Crippen molar-refractivity contribution in [2.75, 3.05) is 7.11 Å². The lowest BCUT2D eigenvalue weighted by Crippen LogP contribution is -2.13. The Balaban J connectivity index is 1.90. The Morgan fingerprint density at radius 2 is 2.32 bits per heavy atom. The topological polar surface area (TPSA) is 56.5 Å². The quantitative estimate of drug-likeness (QED) is 0.792. The number of esters is 1. The van der Waals surface area contributed by atoms with Crippen LogP contribution in [0.5, 0.6) is 0 Å². The first-order valence-electron chi connectivity index (χ1n) is 6.26. The molecule has 2 heterocycles.